The average Bonchev–Trinajstić information content (AvgIpc) is 2.32. The monoisotopic (exact) mass is 312 g/mol. The molecule has 0 bridgehead atoms. The molecule has 1 aliphatic rings. The van der Waals surface area contributed by atoms with Crippen molar-refractivity contribution in [3.8, 4) is 0 Å². The molecular weight excluding hydrogens is 292 g/mol. The minimum Gasteiger partial charge on any atom is -0.388 e. The standard InChI is InChI=1S/C14H21BrN2O/c1-17(10-12-2-4-13(15)5-3-12)11-14(18)6-8-16-9-7-14/h2-5,16,18H,6-11H2,1H3. The lowest BCUT2D eigenvalue weighted by Crippen LogP contribution is -2.48. The Morgan fingerprint density at radius 2 is 1.89 bits per heavy atom. The molecule has 1 aromatic rings. The zero-order valence-corrected chi connectivity index (χ0v) is 12.4. The van der Waals surface area contributed by atoms with Crippen molar-refractivity contribution in [2.45, 2.75) is 25.0 Å². The molecule has 2 N–H and O–H groups in total. The molecule has 1 fully saturated rings. The number of rotatable bonds is 4. The van der Waals surface area contributed by atoms with Gasteiger partial charge in [0.05, 0.1) is 5.60 Å². The van der Waals surface area contributed by atoms with Crippen LogP contribution in [0, 0.1) is 0 Å². The molecule has 1 saturated heterocycles. The molecule has 3 nitrogen and oxygen atoms in total. The number of aliphatic hydroxyl groups is 1. The summed E-state index contributed by atoms with van der Waals surface area (Å²) in [5.41, 5.74) is 0.758. The Balaban J connectivity index is 1.87. The van der Waals surface area contributed by atoms with Gasteiger partial charge < -0.3 is 10.4 Å². The summed E-state index contributed by atoms with van der Waals surface area (Å²) in [6.45, 7) is 3.46. The Kier molecular flexibility index (Phi) is 4.78. The minimum absolute atomic E-state index is 0.518. The molecule has 0 saturated carbocycles. The van der Waals surface area contributed by atoms with Crippen molar-refractivity contribution in [3.63, 3.8) is 0 Å². The van der Waals surface area contributed by atoms with Crippen molar-refractivity contribution in [1.82, 2.24) is 10.2 Å². The van der Waals surface area contributed by atoms with E-state index in [1.807, 2.05) is 0 Å². The fourth-order valence-electron chi connectivity index (χ4n) is 2.51. The van der Waals surface area contributed by atoms with Gasteiger partial charge in [0.15, 0.2) is 0 Å². The highest BCUT2D eigenvalue weighted by molar-refractivity contribution is 9.10. The molecule has 100 valence electrons. The normalized spacial score (nSPS) is 19.1. The van der Waals surface area contributed by atoms with Crippen LogP contribution in [-0.2, 0) is 6.54 Å². The van der Waals surface area contributed by atoms with Gasteiger partial charge in [0.1, 0.15) is 0 Å². The highest BCUT2D eigenvalue weighted by Crippen LogP contribution is 2.20. The number of likely N-dealkylation sites (N-methyl/N-ethyl adjacent to an activating group) is 1. The number of benzene rings is 1. The van der Waals surface area contributed by atoms with Gasteiger partial charge in [0.25, 0.3) is 0 Å². The molecule has 0 atom stereocenters. The lowest BCUT2D eigenvalue weighted by atomic mass is 9.92. The first-order chi connectivity index (χ1) is 8.57. The first-order valence-corrected chi connectivity index (χ1v) is 7.23. The van der Waals surface area contributed by atoms with Gasteiger partial charge >= 0.3 is 0 Å². The highest BCUT2D eigenvalue weighted by Gasteiger charge is 2.30. The molecule has 0 unspecified atom stereocenters. The third-order valence-corrected chi connectivity index (χ3v) is 3.99. The van der Waals surface area contributed by atoms with Gasteiger partial charge in [-0.25, -0.2) is 0 Å². The molecule has 0 aromatic heterocycles. The SMILES string of the molecule is CN(Cc1ccc(Br)cc1)CC1(O)CCNCC1. The average molecular weight is 313 g/mol. The molecule has 1 aromatic carbocycles. The predicted molar refractivity (Wildman–Crippen MR) is 77.5 cm³/mol. The van der Waals surface area contributed by atoms with Crippen LogP contribution in [-0.4, -0.2) is 42.3 Å². The Bertz CT molecular complexity index is 374. The summed E-state index contributed by atoms with van der Waals surface area (Å²) in [6, 6.07) is 8.35. The summed E-state index contributed by atoms with van der Waals surface area (Å²) in [4.78, 5) is 2.20. The maximum atomic E-state index is 10.5. The minimum atomic E-state index is -0.518. The molecule has 2 rings (SSSR count). The van der Waals surface area contributed by atoms with Gasteiger partial charge in [-0.2, -0.15) is 0 Å². The molecule has 1 aliphatic heterocycles. The van der Waals surface area contributed by atoms with Crippen LogP contribution in [0.3, 0.4) is 0 Å². The summed E-state index contributed by atoms with van der Waals surface area (Å²) in [6.07, 6.45) is 1.69. The first kappa shape index (κ1) is 14.0. The molecule has 1 heterocycles. The number of halogens is 1. The maximum Gasteiger partial charge on any atom is 0.0798 e. The molecular formula is C14H21BrN2O. The maximum absolute atomic E-state index is 10.5. The van der Waals surface area contributed by atoms with Crippen LogP contribution in [0.15, 0.2) is 28.7 Å². The first-order valence-electron chi connectivity index (χ1n) is 6.43. The van der Waals surface area contributed by atoms with Crippen molar-refractivity contribution in [3.05, 3.63) is 34.3 Å². The summed E-state index contributed by atoms with van der Waals surface area (Å²) in [5.74, 6) is 0. The Hall–Kier alpha value is -0.420. The topological polar surface area (TPSA) is 35.5 Å². The molecule has 0 radical (unpaired) electrons. The van der Waals surface area contributed by atoms with Gasteiger partial charge in [-0.1, -0.05) is 28.1 Å². The van der Waals surface area contributed by atoms with Crippen LogP contribution < -0.4 is 5.32 Å². The number of hydrogen-bond acceptors (Lipinski definition) is 3. The third-order valence-electron chi connectivity index (χ3n) is 3.46. The van der Waals surface area contributed by atoms with E-state index in [1.54, 1.807) is 0 Å². The largest absolute Gasteiger partial charge is 0.388 e. The lowest BCUT2D eigenvalue weighted by molar-refractivity contribution is -0.0168. The van der Waals surface area contributed by atoms with E-state index in [2.05, 4.69) is 57.5 Å². The van der Waals surface area contributed by atoms with Gasteiger partial charge in [-0.05, 0) is 50.7 Å². The van der Waals surface area contributed by atoms with E-state index in [0.717, 1.165) is 43.5 Å². The van der Waals surface area contributed by atoms with Gasteiger partial charge in [0.2, 0.25) is 0 Å². The van der Waals surface area contributed by atoms with Gasteiger partial charge in [-0.15, -0.1) is 0 Å². The van der Waals surface area contributed by atoms with Gasteiger partial charge in [-0.3, -0.25) is 4.90 Å². The van der Waals surface area contributed by atoms with E-state index in [0.29, 0.717) is 0 Å². The third kappa shape index (κ3) is 4.05. The number of hydrogen-bond donors (Lipinski definition) is 2. The van der Waals surface area contributed by atoms with E-state index in [9.17, 15) is 5.11 Å². The predicted octanol–water partition coefficient (Wildman–Crippen LogP) is 2.00. The molecule has 0 spiro atoms. The van der Waals surface area contributed by atoms with Crippen LogP contribution >= 0.6 is 15.9 Å². The lowest BCUT2D eigenvalue weighted by Gasteiger charge is -2.36. The van der Waals surface area contributed by atoms with E-state index < -0.39 is 5.60 Å². The second kappa shape index (κ2) is 6.15. The van der Waals surface area contributed by atoms with Crippen LogP contribution in [0.5, 0.6) is 0 Å². The molecule has 4 heteroatoms. The quantitative estimate of drug-likeness (QED) is 0.892. The zero-order valence-electron chi connectivity index (χ0n) is 10.8. The number of nitrogens with one attached hydrogen (secondary N) is 1. The van der Waals surface area contributed by atoms with Crippen molar-refractivity contribution in [1.29, 1.82) is 0 Å². The molecule has 0 aliphatic carbocycles. The van der Waals surface area contributed by atoms with Crippen molar-refractivity contribution in [2.24, 2.45) is 0 Å². The highest BCUT2D eigenvalue weighted by atomic mass is 79.9. The Morgan fingerprint density at radius 3 is 2.50 bits per heavy atom. The van der Waals surface area contributed by atoms with E-state index in [1.165, 1.54) is 5.56 Å². The van der Waals surface area contributed by atoms with Gasteiger partial charge in [0, 0.05) is 17.6 Å². The number of piperidine rings is 1. The van der Waals surface area contributed by atoms with Crippen LogP contribution in [0.2, 0.25) is 0 Å². The van der Waals surface area contributed by atoms with Crippen molar-refractivity contribution < 1.29 is 5.11 Å². The van der Waals surface area contributed by atoms with Crippen molar-refractivity contribution in [2.75, 3.05) is 26.7 Å². The Labute approximate surface area is 117 Å². The summed E-state index contributed by atoms with van der Waals surface area (Å²) >= 11 is 3.44. The summed E-state index contributed by atoms with van der Waals surface area (Å²) in [5, 5.41) is 13.8. The van der Waals surface area contributed by atoms with E-state index in [4.69, 9.17) is 0 Å². The molecule has 0 amide bonds. The fraction of sp³-hybridized carbons (Fsp3) is 0.571. The summed E-state index contributed by atoms with van der Waals surface area (Å²) < 4.78 is 1.10. The zero-order chi connectivity index (χ0) is 13.0. The Morgan fingerprint density at radius 1 is 1.28 bits per heavy atom. The smallest absolute Gasteiger partial charge is 0.0798 e. The number of nitrogens with zero attached hydrogens (tertiary/aromatic N) is 1. The second-order valence-electron chi connectivity index (χ2n) is 5.27. The van der Waals surface area contributed by atoms with Crippen molar-refractivity contribution >= 4 is 15.9 Å². The van der Waals surface area contributed by atoms with Crippen LogP contribution in [0.1, 0.15) is 18.4 Å². The van der Waals surface area contributed by atoms with Crippen LogP contribution in [0.4, 0.5) is 0 Å². The fourth-order valence-corrected chi connectivity index (χ4v) is 2.77. The molecule has 18 heavy (non-hydrogen) atoms. The van der Waals surface area contributed by atoms with Crippen LogP contribution in [0.25, 0.3) is 0 Å². The van der Waals surface area contributed by atoms with E-state index in [-0.39, 0.29) is 0 Å². The summed E-state index contributed by atoms with van der Waals surface area (Å²) in [7, 11) is 2.07. The second-order valence-corrected chi connectivity index (χ2v) is 6.19. The van der Waals surface area contributed by atoms with E-state index >= 15 is 0 Å².